The molecule has 0 aliphatic carbocycles. The summed E-state index contributed by atoms with van der Waals surface area (Å²) in [4.78, 5) is 0. The number of rotatable bonds is 4. The zero-order valence-corrected chi connectivity index (χ0v) is 7.33. The quantitative estimate of drug-likeness (QED) is 0.713. The van der Waals surface area contributed by atoms with Crippen LogP contribution in [0.15, 0.2) is 30.3 Å². The molecule has 0 aromatic heterocycles. The van der Waals surface area contributed by atoms with Crippen LogP contribution in [0.1, 0.15) is 13.3 Å². The Bertz CT molecular complexity index is 206. The van der Waals surface area contributed by atoms with Gasteiger partial charge in [0.2, 0.25) is 0 Å². The van der Waals surface area contributed by atoms with Gasteiger partial charge in [-0.3, -0.25) is 0 Å². The topological polar surface area (TPSA) is 32.3 Å². The first-order valence-electron chi connectivity index (χ1n) is 4.29. The van der Waals surface area contributed by atoms with Crippen LogP contribution in [0.3, 0.4) is 0 Å². The normalized spacial score (nSPS) is 12.5. The molecule has 2 N–H and O–H groups in total. The second-order valence-corrected chi connectivity index (χ2v) is 2.80. The lowest BCUT2D eigenvalue weighted by Crippen LogP contribution is -2.22. The van der Waals surface area contributed by atoms with Crippen LogP contribution in [0.2, 0.25) is 0 Å². The zero-order valence-electron chi connectivity index (χ0n) is 7.33. The molecular formula is C10H15NO. The molecule has 0 amide bonds. The number of nitrogens with one attached hydrogen (secondary N) is 1. The molecule has 0 saturated heterocycles. The van der Waals surface area contributed by atoms with Gasteiger partial charge >= 0.3 is 0 Å². The van der Waals surface area contributed by atoms with Crippen molar-refractivity contribution in [3.05, 3.63) is 30.3 Å². The van der Waals surface area contributed by atoms with Crippen LogP contribution >= 0.6 is 0 Å². The Balaban J connectivity index is 2.51. The van der Waals surface area contributed by atoms with E-state index in [0.29, 0.717) is 0 Å². The number of para-hydroxylation sites is 1. The summed E-state index contributed by atoms with van der Waals surface area (Å²) in [6, 6.07) is 10.1. The van der Waals surface area contributed by atoms with E-state index in [2.05, 4.69) is 12.2 Å². The first-order chi connectivity index (χ1) is 5.86. The van der Waals surface area contributed by atoms with E-state index < -0.39 is 0 Å². The fourth-order valence-corrected chi connectivity index (χ4v) is 1.05. The lowest BCUT2D eigenvalue weighted by molar-refractivity contribution is 0.272. The number of anilines is 1. The lowest BCUT2D eigenvalue weighted by Gasteiger charge is -2.14. The molecule has 12 heavy (non-hydrogen) atoms. The van der Waals surface area contributed by atoms with Crippen LogP contribution in [0.4, 0.5) is 5.69 Å². The van der Waals surface area contributed by atoms with E-state index in [1.807, 2.05) is 30.3 Å². The molecule has 1 unspecified atom stereocenters. The molecule has 0 radical (unpaired) electrons. The van der Waals surface area contributed by atoms with Crippen molar-refractivity contribution in [2.24, 2.45) is 0 Å². The summed E-state index contributed by atoms with van der Waals surface area (Å²) < 4.78 is 0. The molecule has 0 saturated carbocycles. The minimum Gasteiger partial charge on any atom is -0.394 e. The SMILES string of the molecule is CCC(CO)Nc1ccccc1. The van der Waals surface area contributed by atoms with Gasteiger partial charge in [-0.25, -0.2) is 0 Å². The molecule has 0 aliphatic rings. The first kappa shape index (κ1) is 9.07. The standard InChI is InChI=1S/C10H15NO/c1-2-9(8-12)11-10-6-4-3-5-7-10/h3-7,9,11-12H,2,8H2,1H3. The van der Waals surface area contributed by atoms with Crippen LogP contribution in [-0.2, 0) is 0 Å². The summed E-state index contributed by atoms with van der Waals surface area (Å²) in [6.07, 6.45) is 0.936. The Morgan fingerprint density at radius 1 is 1.33 bits per heavy atom. The lowest BCUT2D eigenvalue weighted by atomic mass is 10.2. The maximum absolute atomic E-state index is 8.92. The summed E-state index contributed by atoms with van der Waals surface area (Å²) in [5.74, 6) is 0. The molecule has 2 heteroatoms. The molecule has 1 rings (SSSR count). The van der Waals surface area contributed by atoms with Crippen molar-refractivity contribution in [3.63, 3.8) is 0 Å². The Hall–Kier alpha value is -1.02. The molecule has 0 fully saturated rings. The summed E-state index contributed by atoms with van der Waals surface area (Å²) in [5, 5.41) is 12.2. The van der Waals surface area contributed by atoms with Crippen LogP contribution in [0, 0.1) is 0 Å². The number of hydrogen-bond acceptors (Lipinski definition) is 2. The monoisotopic (exact) mass is 165 g/mol. The number of aliphatic hydroxyl groups is 1. The average Bonchev–Trinajstić information content (AvgIpc) is 2.16. The number of hydrogen-bond donors (Lipinski definition) is 2. The van der Waals surface area contributed by atoms with Crippen LogP contribution in [-0.4, -0.2) is 17.8 Å². The zero-order chi connectivity index (χ0) is 8.81. The number of aliphatic hydroxyl groups excluding tert-OH is 1. The predicted octanol–water partition coefficient (Wildman–Crippen LogP) is 1.87. The smallest absolute Gasteiger partial charge is 0.0632 e. The van der Waals surface area contributed by atoms with E-state index in [1.54, 1.807) is 0 Å². The highest BCUT2D eigenvalue weighted by Crippen LogP contribution is 2.07. The molecule has 1 aromatic carbocycles. The first-order valence-corrected chi connectivity index (χ1v) is 4.29. The van der Waals surface area contributed by atoms with Crippen molar-refractivity contribution in [3.8, 4) is 0 Å². The van der Waals surface area contributed by atoms with E-state index in [-0.39, 0.29) is 12.6 Å². The average molecular weight is 165 g/mol. The van der Waals surface area contributed by atoms with Gasteiger partial charge in [0.25, 0.3) is 0 Å². The Morgan fingerprint density at radius 3 is 2.50 bits per heavy atom. The van der Waals surface area contributed by atoms with Gasteiger partial charge in [0.05, 0.1) is 6.61 Å². The minimum absolute atomic E-state index is 0.174. The fraction of sp³-hybridized carbons (Fsp3) is 0.400. The van der Waals surface area contributed by atoms with Crippen molar-refractivity contribution in [1.29, 1.82) is 0 Å². The second-order valence-electron chi connectivity index (χ2n) is 2.80. The maximum Gasteiger partial charge on any atom is 0.0632 e. The molecule has 66 valence electrons. The van der Waals surface area contributed by atoms with Gasteiger partial charge in [-0.15, -0.1) is 0 Å². The van der Waals surface area contributed by atoms with Crippen molar-refractivity contribution in [2.75, 3.05) is 11.9 Å². The highest BCUT2D eigenvalue weighted by Gasteiger charge is 2.01. The van der Waals surface area contributed by atoms with Gasteiger partial charge in [0.15, 0.2) is 0 Å². The molecule has 0 aliphatic heterocycles. The molecule has 1 atom stereocenters. The Labute approximate surface area is 73.2 Å². The van der Waals surface area contributed by atoms with E-state index in [0.717, 1.165) is 12.1 Å². The Morgan fingerprint density at radius 2 is 2.00 bits per heavy atom. The molecule has 0 spiro atoms. The van der Waals surface area contributed by atoms with E-state index in [1.165, 1.54) is 0 Å². The number of benzene rings is 1. The van der Waals surface area contributed by atoms with Crippen LogP contribution in [0.5, 0.6) is 0 Å². The molecular weight excluding hydrogens is 150 g/mol. The van der Waals surface area contributed by atoms with Crippen molar-refractivity contribution < 1.29 is 5.11 Å². The van der Waals surface area contributed by atoms with E-state index in [9.17, 15) is 0 Å². The third-order valence-corrected chi connectivity index (χ3v) is 1.86. The third kappa shape index (κ3) is 2.55. The molecule has 0 bridgehead atoms. The van der Waals surface area contributed by atoms with Crippen molar-refractivity contribution in [1.82, 2.24) is 0 Å². The molecule has 0 heterocycles. The molecule has 1 aromatic rings. The minimum atomic E-state index is 0.174. The van der Waals surface area contributed by atoms with Gasteiger partial charge < -0.3 is 10.4 Å². The predicted molar refractivity (Wildman–Crippen MR) is 51.2 cm³/mol. The highest BCUT2D eigenvalue weighted by molar-refractivity contribution is 5.43. The second kappa shape index (κ2) is 4.78. The van der Waals surface area contributed by atoms with Gasteiger partial charge in [0, 0.05) is 11.7 Å². The van der Waals surface area contributed by atoms with Crippen LogP contribution < -0.4 is 5.32 Å². The van der Waals surface area contributed by atoms with Gasteiger partial charge in [0.1, 0.15) is 0 Å². The van der Waals surface area contributed by atoms with Crippen LogP contribution in [0.25, 0.3) is 0 Å². The maximum atomic E-state index is 8.92. The third-order valence-electron chi connectivity index (χ3n) is 1.86. The summed E-state index contributed by atoms with van der Waals surface area (Å²) in [6.45, 7) is 2.24. The van der Waals surface area contributed by atoms with Gasteiger partial charge in [-0.05, 0) is 18.6 Å². The fourth-order valence-electron chi connectivity index (χ4n) is 1.05. The highest BCUT2D eigenvalue weighted by atomic mass is 16.3. The van der Waals surface area contributed by atoms with E-state index in [4.69, 9.17) is 5.11 Å². The molecule has 2 nitrogen and oxygen atoms in total. The summed E-state index contributed by atoms with van der Waals surface area (Å²) in [7, 11) is 0. The summed E-state index contributed by atoms with van der Waals surface area (Å²) >= 11 is 0. The van der Waals surface area contributed by atoms with Crippen molar-refractivity contribution >= 4 is 5.69 Å². The van der Waals surface area contributed by atoms with Gasteiger partial charge in [-0.1, -0.05) is 25.1 Å². The van der Waals surface area contributed by atoms with Crippen molar-refractivity contribution in [2.45, 2.75) is 19.4 Å². The summed E-state index contributed by atoms with van der Waals surface area (Å²) in [5.41, 5.74) is 1.07. The van der Waals surface area contributed by atoms with Gasteiger partial charge in [-0.2, -0.15) is 0 Å². The Kier molecular flexibility index (Phi) is 3.61. The van der Waals surface area contributed by atoms with E-state index >= 15 is 0 Å². The largest absolute Gasteiger partial charge is 0.394 e.